The maximum atomic E-state index is 13.3. The average molecular weight is 444 g/mol. The molecule has 0 saturated carbocycles. The Kier molecular flexibility index (Phi) is 5.38. The summed E-state index contributed by atoms with van der Waals surface area (Å²) in [7, 11) is 0. The van der Waals surface area contributed by atoms with Crippen molar-refractivity contribution in [3.05, 3.63) is 101 Å². The van der Waals surface area contributed by atoms with E-state index in [1.165, 1.54) is 17.0 Å². The Hall–Kier alpha value is -4.00. The summed E-state index contributed by atoms with van der Waals surface area (Å²) in [6, 6.07) is 14.0. The zero-order chi connectivity index (χ0) is 22.9. The van der Waals surface area contributed by atoms with Crippen molar-refractivity contribution in [3.8, 4) is 5.75 Å². The van der Waals surface area contributed by atoms with Crippen molar-refractivity contribution in [2.24, 2.45) is 0 Å². The molecule has 1 unspecified atom stereocenters. The van der Waals surface area contributed by atoms with Gasteiger partial charge in [0.15, 0.2) is 0 Å². The first kappa shape index (κ1) is 20.9. The molecule has 0 bridgehead atoms. The maximum absolute atomic E-state index is 13.3. The average Bonchev–Trinajstić information content (AvgIpc) is 3.41. The zero-order valence-electron chi connectivity index (χ0n) is 17.7. The topological polar surface area (TPSA) is 79.7 Å². The fourth-order valence-electron chi connectivity index (χ4n) is 4.38. The lowest BCUT2D eigenvalue weighted by Crippen LogP contribution is -2.31. The summed E-state index contributed by atoms with van der Waals surface area (Å²) >= 11 is 0. The molecule has 1 fully saturated rings. The van der Waals surface area contributed by atoms with E-state index in [0.29, 0.717) is 30.6 Å². The molecule has 1 saturated heterocycles. The van der Waals surface area contributed by atoms with Crippen LogP contribution in [-0.4, -0.2) is 39.8 Å². The highest BCUT2D eigenvalue weighted by molar-refractivity contribution is 6.46. The number of aromatic nitrogens is 1. The Balaban J connectivity index is 1.54. The lowest BCUT2D eigenvalue weighted by atomic mass is 9.95. The summed E-state index contributed by atoms with van der Waals surface area (Å²) in [4.78, 5) is 31.7. The lowest BCUT2D eigenvalue weighted by Gasteiger charge is -2.25. The van der Waals surface area contributed by atoms with Crippen LogP contribution in [0.3, 0.4) is 0 Å². The Morgan fingerprint density at radius 1 is 1.15 bits per heavy atom. The third-order valence-corrected chi connectivity index (χ3v) is 6.06. The number of amides is 1. The maximum Gasteiger partial charge on any atom is 0.295 e. The molecule has 5 rings (SSSR count). The van der Waals surface area contributed by atoms with E-state index in [1.807, 2.05) is 0 Å². The lowest BCUT2D eigenvalue weighted by molar-refractivity contribution is -0.139. The first-order valence-corrected chi connectivity index (χ1v) is 10.7. The quantitative estimate of drug-likeness (QED) is 0.368. The molecule has 2 aliphatic heterocycles. The fourth-order valence-corrected chi connectivity index (χ4v) is 4.38. The molecule has 6 nitrogen and oxygen atoms in total. The predicted octanol–water partition coefficient (Wildman–Crippen LogP) is 3.82. The number of hydrogen-bond acceptors (Lipinski definition) is 5. The van der Waals surface area contributed by atoms with Crippen LogP contribution in [0, 0.1) is 5.82 Å². The van der Waals surface area contributed by atoms with Crippen LogP contribution in [0.5, 0.6) is 5.75 Å². The number of likely N-dealkylation sites (tertiary alicyclic amines) is 1. The minimum absolute atomic E-state index is 0.0333. The number of halogens is 1. The molecule has 0 aliphatic carbocycles. The van der Waals surface area contributed by atoms with Crippen LogP contribution < -0.4 is 4.74 Å². The van der Waals surface area contributed by atoms with E-state index in [-0.39, 0.29) is 23.7 Å². The Morgan fingerprint density at radius 3 is 2.73 bits per heavy atom. The first-order valence-electron chi connectivity index (χ1n) is 10.7. The predicted molar refractivity (Wildman–Crippen MR) is 119 cm³/mol. The molecular formula is C26H21FN2O4. The summed E-state index contributed by atoms with van der Waals surface area (Å²) in [5, 5.41) is 11.2. The molecule has 1 atom stereocenters. The summed E-state index contributed by atoms with van der Waals surface area (Å²) in [6.07, 6.45) is 4.34. The van der Waals surface area contributed by atoms with Crippen LogP contribution in [0.15, 0.2) is 72.6 Å². The van der Waals surface area contributed by atoms with Crippen LogP contribution in [-0.2, 0) is 22.4 Å². The Bertz CT molecular complexity index is 1260. The molecule has 3 heterocycles. The molecule has 33 heavy (non-hydrogen) atoms. The highest BCUT2D eigenvalue weighted by Gasteiger charge is 2.46. The minimum atomic E-state index is -0.774. The summed E-state index contributed by atoms with van der Waals surface area (Å²) < 4.78 is 18.8. The van der Waals surface area contributed by atoms with Crippen molar-refractivity contribution in [1.82, 2.24) is 9.88 Å². The summed E-state index contributed by atoms with van der Waals surface area (Å²) in [6.45, 7) is 0.799. The molecule has 7 heteroatoms. The van der Waals surface area contributed by atoms with E-state index < -0.39 is 17.7 Å². The van der Waals surface area contributed by atoms with Gasteiger partial charge in [-0.15, -0.1) is 0 Å². The van der Waals surface area contributed by atoms with Crippen LogP contribution >= 0.6 is 0 Å². The Morgan fingerprint density at radius 2 is 1.97 bits per heavy atom. The third kappa shape index (κ3) is 3.86. The normalized spacial score (nSPS) is 18.9. The van der Waals surface area contributed by atoms with Crippen molar-refractivity contribution in [2.45, 2.75) is 18.9 Å². The number of benzene rings is 2. The number of rotatable bonds is 5. The van der Waals surface area contributed by atoms with Gasteiger partial charge in [-0.25, -0.2) is 4.39 Å². The van der Waals surface area contributed by atoms with Crippen LogP contribution in [0.1, 0.15) is 28.3 Å². The van der Waals surface area contributed by atoms with E-state index in [4.69, 9.17) is 4.74 Å². The number of ketones is 1. The SMILES string of the molecule is O=C1C(=O)N(CCc2ccc(F)cc2)C(c2cccnc2)/C1=C(/O)c1ccc2c(c1)CCO2. The molecule has 166 valence electrons. The first-order chi connectivity index (χ1) is 16.0. The number of aliphatic hydroxyl groups is 1. The molecule has 1 amide bonds. The zero-order valence-corrected chi connectivity index (χ0v) is 17.7. The molecular weight excluding hydrogens is 423 g/mol. The number of Topliss-reactive ketones (excluding diaryl/α,β-unsaturated/α-hetero) is 1. The fraction of sp³-hybridized carbons (Fsp3) is 0.192. The van der Waals surface area contributed by atoms with Gasteiger partial charge in [0.05, 0.1) is 18.2 Å². The molecule has 3 aromatic rings. The molecule has 2 aliphatic rings. The highest BCUT2D eigenvalue weighted by atomic mass is 19.1. The van der Waals surface area contributed by atoms with E-state index in [0.717, 1.165) is 16.9 Å². The second kappa shape index (κ2) is 8.50. The second-order valence-corrected chi connectivity index (χ2v) is 8.08. The Labute approximate surface area is 190 Å². The monoisotopic (exact) mass is 444 g/mol. The number of fused-ring (bicyclic) bond motifs is 1. The van der Waals surface area contributed by atoms with Gasteiger partial charge in [0, 0.05) is 30.9 Å². The number of carbonyl (C=O) groups excluding carboxylic acids is 2. The number of carbonyl (C=O) groups is 2. The summed E-state index contributed by atoms with van der Waals surface area (Å²) in [5.41, 5.74) is 2.90. The van der Waals surface area contributed by atoms with E-state index in [2.05, 4.69) is 4.98 Å². The van der Waals surface area contributed by atoms with Gasteiger partial charge in [-0.1, -0.05) is 18.2 Å². The molecule has 0 spiro atoms. The number of ether oxygens (including phenoxy) is 1. The number of nitrogens with zero attached hydrogens (tertiary/aromatic N) is 2. The highest BCUT2D eigenvalue weighted by Crippen LogP contribution is 2.40. The number of hydrogen-bond donors (Lipinski definition) is 1. The van der Waals surface area contributed by atoms with E-state index in [1.54, 1.807) is 54.9 Å². The summed E-state index contributed by atoms with van der Waals surface area (Å²) in [5.74, 6) is -1.22. The van der Waals surface area contributed by atoms with Crippen LogP contribution in [0.4, 0.5) is 4.39 Å². The largest absolute Gasteiger partial charge is 0.507 e. The second-order valence-electron chi connectivity index (χ2n) is 8.08. The van der Waals surface area contributed by atoms with Gasteiger partial charge in [0.2, 0.25) is 0 Å². The van der Waals surface area contributed by atoms with Crippen LogP contribution in [0.25, 0.3) is 5.76 Å². The van der Waals surface area contributed by atoms with E-state index >= 15 is 0 Å². The van der Waals surface area contributed by atoms with Gasteiger partial charge in [-0.3, -0.25) is 14.6 Å². The van der Waals surface area contributed by atoms with E-state index in [9.17, 15) is 19.1 Å². The third-order valence-electron chi connectivity index (χ3n) is 6.06. The van der Waals surface area contributed by atoms with Gasteiger partial charge in [0.1, 0.15) is 17.3 Å². The van der Waals surface area contributed by atoms with Gasteiger partial charge < -0.3 is 14.7 Å². The molecule has 0 radical (unpaired) electrons. The van der Waals surface area contributed by atoms with Crippen molar-refractivity contribution < 1.29 is 23.8 Å². The van der Waals surface area contributed by atoms with Crippen molar-refractivity contribution in [1.29, 1.82) is 0 Å². The van der Waals surface area contributed by atoms with Crippen molar-refractivity contribution >= 4 is 17.4 Å². The van der Waals surface area contributed by atoms with Crippen LogP contribution in [0.2, 0.25) is 0 Å². The molecule has 2 aromatic carbocycles. The standard InChI is InChI=1S/C26H21FN2O4/c27-20-6-3-16(4-7-20)9-12-29-23(19-2-1-11-28-15-19)22(25(31)26(29)32)24(30)18-5-8-21-17(14-18)10-13-33-21/h1-8,11,14-15,23,30H,9-10,12-13H2/b24-22-. The van der Waals surface area contributed by atoms with Crippen molar-refractivity contribution in [2.75, 3.05) is 13.2 Å². The molecule has 1 N–H and O–H groups in total. The molecule has 1 aromatic heterocycles. The number of pyridine rings is 1. The van der Waals surface area contributed by atoms with Crippen molar-refractivity contribution in [3.63, 3.8) is 0 Å². The minimum Gasteiger partial charge on any atom is -0.507 e. The van der Waals surface area contributed by atoms with Gasteiger partial charge >= 0.3 is 0 Å². The van der Waals surface area contributed by atoms with Gasteiger partial charge in [-0.2, -0.15) is 0 Å². The van der Waals surface area contributed by atoms with Gasteiger partial charge in [0.25, 0.3) is 11.7 Å². The number of aliphatic hydroxyl groups excluding tert-OH is 1. The smallest absolute Gasteiger partial charge is 0.295 e. The van der Waals surface area contributed by atoms with Gasteiger partial charge in [-0.05, 0) is 59.5 Å².